The van der Waals surface area contributed by atoms with Crippen molar-refractivity contribution in [1.29, 1.82) is 0 Å². The maximum atomic E-state index is 12.4. The van der Waals surface area contributed by atoms with Crippen LogP contribution in [0, 0.1) is 17.0 Å². The molecular weight excluding hydrogens is 284 g/mol. The van der Waals surface area contributed by atoms with E-state index in [-0.39, 0.29) is 11.6 Å². The molecule has 1 rings (SSSR count). The number of methoxy groups -OCH3 is 1. The molecular formula is C13H17ClN2O4. The third kappa shape index (κ3) is 4.18. The molecule has 0 heterocycles. The smallest absolute Gasteiger partial charge is 0.270 e. The van der Waals surface area contributed by atoms with Gasteiger partial charge in [-0.15, -0.1) is 11.6 Å². The molecule has 1 aromatic carbocycles. The molecule has 0 spiro atoms. The summed E-state index contributed by atoms with van der Waals surface area (Å²) < 4.78 is 4.95. The molecule has 6 nitrogen and oxygen atoms in total. The number of nitrogens with zero attached hydrogens (tertiary/aromatic N) is 2. The summed E-state index contributed by atoms with van der Waals surface area (Å²) >= 11 is 5.69. The Morgan fingerprint density at radius 1 is 1.45 bits per heavy atom. The molecule has 0 N–H and O–H groups in total. The summed E-state index contributed by atoms with van der Waals surface area (Å²) in [6.07, 6.45) is 0. The molecule has 20 heavy (non-hydrogen) atoms. The third-order valence-electron chi connectivity index (χ3n) is 2.87. The predicted molar refractivity (Wildman–Crippen MR) is 76.3 cm³/mol. The Kier molecular flexibility index (Phi) is 6.41. The molecule has 0 aliphatic heterocycles. The normalized spacial score (nSPS) is 10.3. The van der Waals surface area contributed by atoms with Crippen molar-refractivity contribution in [2.75, 3.05) is 32.7 Å². The molecule has 0 saturated heterocycles. The summed E-state index contributed by atoms with van der Waals surface area (Å²) in [5, 5.41) is 10.8. The fourth-order valence-corrected chi connectivity index (χ4v) is 1.95. The Balaban J connectivity index is 3.03. The van der Waals surface area contributed by atoms with Crippen molar-refractivity contribution in [3.8, 4) is 0 Å². The SMILES string of the molecule is COCCN(CCCl)C(=O)c1cc([N+](=O)[O-])ccc1C. The van der Waals surface area contributed by atoms with Crippen molar-refractivity contribution in [3.63, 3.8) is 0 Å². The number of carbonyl (C=O) groups excluding carboxylic acids is 1. The van der Waals surface area contributed by atoms with Gasteiger partial charge in [-0.05, 0) is 12.5 Å². The van der Waals surface area contributed by atoms with Crippen LogP contribution < -0.4 is 0 Å². The first-order valence-electron chi connectivity index (χ1n) is 6.10. The second-order valence-corrected chi connectivity index (χ2v) is 4.61. The highest BCUT2D eigenvalue weighted by Crippen LogP contribution is 2.19. The van der Waals surface area contributed by atoms with E-state index in [0.29, 0.717) is 36.7 Å². The lowest BCUT2D eigenvalue weighted by Gasteiger charge is -2.22. The topological polar surface area (TPSA) is 72.7 Å². The maximum absolute atomic E-state index is 12.4. The van der Waals surface area contributed by atoms with Gasteiger partial charge in [0.1, 0.15) is 0 Å². The summed E-state index contributed by atoms with van der Waals surface area (Å²) in [6, 6.07) is 4.25. The second-order valence-electron chi connectivity index (χ2n) is 4.23. The highest BCUT2D eigenvalue weighted by atomic mass is 35.5. The minimum atomic E-state index is -0.517. The highest BCUT2D eigenvalue weighted by Gasteiger charge is 2.19. The zero-order valence-electron chi connectivity index (χ0n) is 11.5. The number of ether oxygens (including phenoxy) is 1. The maximum Gasteiger partial charge on any atom is 0.270 e. The van der Waals surface area contributed by atoms with E-state index in [2.05, 4.69) is 0 Å². The van der Waals surface area contributed by atoms with E-state index < -0.39 is 4.92 Å². The van der Waals surface area contributed by atoms with Crippen LogP contribution in [-0.4, -0.2) is 48.4 Å². The average Bonchev–Trinajstić information content (AvgIpc) is 2.43. The number of nitro groups is 1. The van der Waals surface area contributed by atoms with Gasteiger partial charge in [-0.3, -0.25) is 14.9 Å². The van der Waals surface area contributed by atoms with Crippen LogP contribution >= 0.6 is 11.6 Å². The second kappa shape index (κ2) is 7.81. The summed E-state index contributed by atoms with van der Waals surface area (Å²) in [5.41, 5.74) is 0.912. The van der Waals surface area contributed by atoms with Crippen molar-refractivity contribution < 1.29 is 14.5 Å². The minimum Gasteiger partial charge on any atom is -0.383 e. The van der Waals surface area contributed by atoms with Crippen molar-refractivity contribution >= 4 is 23.2 Å². The molecule has 1 amide bonds. The van der Waals surface area contributed by atoms with E-state index in [0.717, 1.165) is 0 Å². The van der Waals surface area contributed by atoms with Crippen molar-refractivity contribution in [1.82, 2.24) is 4.90 Å². The molecule has 0 aliphatic rings. The summed E-state index contributed by atoms with van der Waals surface area (Å²) in [6.45, 7) is 2.89. The number of amides is 1. The van der Waals surface area contributed by atoms with Gasteiger partial charge in [0, 0.05) is 43.8 Å². The first-order valence-corrected chi connectivity index (χ1v) is 6.64. The van der Waals surface area contributed by atoms with Gasteiger partial charge in [0.15, 0.2) is 0 Å². The lowest BCUT2D eigenvalue weighted by atomic mass is 10.1. The Morgan fingerprint density at radius 3 is 2.70 bits per heavy atom. The summed E-state index contributed by atoms with van der Waals surface area (Å²) in [7, 11) is 1.54. The van der Waals surface area contributed by atoms with Crippen LogP contribution in [0.5, 0.6) is 0 Å². The lowest BCUT2D eigenvalue weighted by Crippen LogP contribution is -2.35. The van der Waals surface area contributed by atoms with Gasteiger partial charge in [0.25, 0.3) is 11.6 Å². The van der Waals surface area contributed by atoms with Crippen LogP contribution in [0.3, 0.4) is 0 Å². The average molecular weight is 301 g/mol. The van der Waals surface area contributed by atoms with E-state index in [1.54, 1.807) is 20.1 Å². The van der Waals surface area contributed by atoms with Gasteiger partial charge in [-0.2, -0.15) is 0 Å². The fraction of sp³-hybridized carbons (Fsp3) is 0.462. The van der Waals surface area contributed by atoms with Crippen LogP contribution in [0.1, 0.15) is 15.9 Å². The van der Waals surface area contributed by atoms with Crippen molar-refractivity contribution in [3.05, 3.63) is 39.4 Å². The predicted octanol–water partition coefficient (Wildman–Crippen LogP) is 2.23. The molecule has 0 aliphatic carbocycles. The number of rotatable bonds is 7. The van der Waals surface area contributed by atoms with E-state index in [1.807, 2.05) is 0 Å². The number of halogens is 1. The van der Waals surface area contributed by atoms with Crippen molar-refractivity contribution in [2.24, 2.45) is 0 Å². The summed E-state index contributed by atoms with van der Waals surface area (Å²) in [5.74, 6) is 0.0209. The molecule has 0 atom stereocenters. The van der Waals surface area contributed by atoms with Gasteiger partial charge >= 0.3 is 0 Å². The summed E-state index contributed by atoms with van der Waals surface area (Å²) in [4.78, 5) is 24.2. The Labute approximate surface area is 122 Å². The third-order valence-corrected chi connectivity index (χ3v) is 3.04. The number of aryl methyl sites for hydroxylation is 1. The molecule has 110 valence electrons. The molecule has 0 fully saturated rings. The first-order chi connectivity index (χ1) is 9.51. The molecule has 1 aromatic rings. The van der Waals surface area contributed by atoms with E-state index >= 15 is 0 Å². The monoisotopic (exact) mass is 300 g/mol. The number of non-ortho nitro benzene ring substituents is 1. The molecule has 0 saturated carbocycles. The van der Waals surface area contributed by atoms with Gasteiger partial charge in [0.05, 0.1) is 11.5 Å². The molecule has 7 heteroatoms. The number of hydrogen-bond acceptors (Lipinski definition) is 4. The molecule has 0 bridgehead atoms. The molecule has 0 aromatic heterocycles. The number of benzene rings is 1. The Hall–Kier alpha value is -1.66. The Morgan fingerprint density at radius 2 is 2.15 bits per heavy atom. The van der Waals surface area contributed by atoms with E-state index in [9.17, 15) is 14.9 Å². The van der Waals surface area contributed by atoms with Crippen LogP contribution in [0.4, 0.5) is 5.69 Å². The van der Waals surface area contributed by atoms with E-state index in [1.165, 1.54) is 17.0 Å². The quantitative estimate of drug-likeness (QED) is 0.440. The van der Waals surface area contributed by atoms with Crippen LogP contribution in [0.25, 0.3) is 0 Å². The largest absolute Gasteiger partial charge is 0.383 e. The van der Waals surface area contributed by atoms with Crippen LogP contribution in [0.2, 0.25) is 0 Å². The lowest BCUT2D eigenvalue weighted by molar-refractivity contribution is -0.384. The zero-order chi connectivity index (χ0) is 15.1. The number of carbonyl (C=O) groups is 1. The van der Waals surface area contributed by atoms with Gasteiger partial charge < -0.3 is 9.64 Å². The molecule has 0 unspecified atom stereocenters. The number of nitro benzene ring substituents is 1. The zero-order valence-corrected chi connectivity index (χ0v) is 12.2. The van der Waals surface area contributed by atoms with Gasteiger partial charge in [-0.25, -0.2) is 0 Å². The number of alkyl halides is 1. The first kappa shape index (κ1) is 16.4. The van der Waals surface area contributed by atoms with E-state index in [4.69, 9.17) is 16.3 Å². The van der Waals surface area contributed by atoms with Gasteiger partial charge in [-0.1, -0.05) is 6.07 Å². The van der Waals surface area contributed by atoms with Gasteiger partial charge in [0.2, 0.25) is 0 Å². The minimum absolute atomic E-state index is 0.100. The van der Waals surface area contributed by atoms with Crippen molar-refractivity contribution in [2.45, 2.75) is 6.92 Å². The van der Waals surface area contributed by atoms with Crippen LogP contribution in [-0.2, 0) is 4.74 Å². The van der Waals surface area contributed by atoms with Crippen LogP contribution in [0.15, 0.2) is 18.2 Å². The number of hydrogen-bond donors (Lipinski definition) is 0. The fourth-order valence-electron chi connectivity index (χ4n) is 1.74. The Bertz CT molecular complexity index is 493. The standard InChI is InChI=1S/C13H17ClN2O4/c1-10-3-4-11(16(18)19)9-12(10)13(17)15(6-5-14)7-8-20-2/h3-4,9H,5-8H2,1-2H3. The molecule has 0 radical (unpaired) electrons. The highest BCUT2D eigenvalue weighted by molar-refractivity contribution is 6.18.